The summed E-state index contributed by atoms with van der Waals surface area (Å²) in [6.45, 7) is 0.399. The maximum absolute atomic E-state index is 2.50. The Hall–Kier alpha value is -2.16. The van der Waals surface area contributed by atoms with Gasteiger partial charge in [0, 0.05) is 31.2 Å². The molecule has 1 aliphatic carbocycles. The van der Waals surface area contributed by atoms with Gasteiger partial charge in [0.15, 0.2) is 0 Å². The van der Waals surface area contributed by atoms with Gasteiger partial charge in [0.2, 0.25) is 6.71 Å². The fourth-order valence-electron chi connectivity index (χ4n) is 4.57. The maximum atomic E-state index is 2.50. The molecule has 0 N–H and O–H groups in total. The zero-order valence-corrected chi connectivity index (χ0v) is 13.8. The molecule has 0 fully saturated rings. The third-order valence-corrected chi connectivity index (χ3v) is 5.80. The van der Waals surface area contributed by atoms with Crippen molar-refractivity contribution in [3.8, 4) is 0 Å². The molecule has 0 saturated heterocycles. The Morgan fingerprint density at radius 2 is 1.65 bits per heavy atom. The van der Waals surface area contributed by atoms with Crippen molar-refractivity contribution < 1.29 is 0 Å². The van der Waals surface area contributed by atoms with Crippen molar-refractivity contribution in [1.29, 1.82) is 0 Å². The third kappa shape index (κ3) is 1.76. The molecule has 0 saturated carbocycles. The largest absolute Gasteiger partial charge is 0.353 e. The van der Waals surface area contributed by atoms with Gasteiger partial charge in [-0.15, -0.1) is 0 Å². The van der Waals surface area contributed by atoms with Crippen molar-refractivity contribution in [2.45, 2.75) is 25.7 Å². The predicted molar refractivity (Wildman–Crippen MR) is 100 cm³/mol. The van der Waals surface area contributed by atoms with E-state index >= 15 is 0 Å². The highest BCUT2D eigenvalue weighted by Crippen LogP contribution is 2.34. The first-order valence-electron chi connectivity index (χ1n) is 8.67. The van der Waals surface area contributed by atoms with Crippen LogP contribution in [0.3, 0.4) is 0 Å². The topological polar surface area (TPSA) is 6.48 Å². The fraction of sp³-hybridized carbons (Fsp3) is 0.300. The summed E-state index contributed by atoms with van der Waals surface area (Å²) in [6, 6.07) is 11.7. The van der Waals surface area contributed by atoms with Gasteiger partial charge in [0.05, 0.1) is 0 Å². The first kappa shape index (κ1) is 13.3. The van der Waals surface area contributed by atoms with Gasteiger partial charge in [-0.3, -0.25) is 0 Å². The van der Waals surface area contributed by atoms with Gasteiger partial charge in [-0.1, -0.05) is 18.1 Å². The van der Waals surface area contributed by atoms with E-state index in [1.165, 1.54) is 53.7 Å². The molecular weight excluding hydrogens is 279 g/mol. The second-order valence-electron chi connectivity index (χ2n) is 7.09. The number of hydrogen-bond donors (Lipinski definition) is 0. The number of benzene rings is 2. The Balaban J connectivity index is 1.78. The molecule has 0 spiro atoms. The smallest absolute Gasteiger partial charge is 0.243 e. The molecule has 2 nitrogen and oxygen atoms in total. The number of anilines is 3. The summed E-state index contributed by atoms with van der Waals surface area (Å²) in [5, 5.41) is 0. The van der Waals surface area contributed by atoms with Crippen LogP contribution in [-0.4, -0.2) is 20.8 Å². The van der Waals surface area contributed by atoms with Crippen LogP contribution in [0.1, 0.15) is 24.0 Å². The van der Waals surface area contributed by atoms with Crippen molar-refractivity contribution in [1.82, 2.24) is 0 Å². The number of rotatable bonds is 0. The first-order chi connectivity index (χ1) is 11.2. The van der Waals surface area contributed by atoms with E-state index in [9.17, 15) is 0 Å². The Morgan fingerprint density at radius 3 is 2.48 bits per heavy atom. The van der Waals surface area contributed by atoms with Crippen LogP contribution in [0.15, 0.2) is 42.5 Å². The van der Waals surface area contributed by atoms with Crippen LogP contribution in [0.5, 0.6) is 0 Å². The van der Waals surface area contributed by atoms with Crippen LogP contribution in [0.25, 0.3) is 0 Å². The number of nitrogens with zero attached hydrogens (tertiary/aromatic N) is 2. The molecule has 3 aliphatic rings. The summed E-state index contributed by atoms with van der Waals surface area (Å²) in [7, 11) is 4.36. The molecular formula is C20H21BN2. The van der Waals surface area contributed by atoms with E-state index in [0.717, 1.165) is 0 Å². The van der Waals surface area contributed by atoms with Crippen LogP contribution in [0.4, 0.5) is 17.1 Å². The lowest BCUT2D eigenvalue weighted by Gasteiger charge is -2.39. The molecule has 0 bridgehead atoms. The highest BCUT2D eigenvalue weighted by Gasteiger charge is 2.35. The van der Waals surface area contributed by atoms with Crippen LogP contribution in [0, 0.1) is 0 Å². The molecule has 2 aromatic rings. The molecule has 2 aromatic carbocycles. The summed E-state index contributed by atoms with van der Waals surface area (Å²) in [6.07, 6.45) is 7.39. The number of aryl methyl sites for hydroxylation is 2. The van der Waals surface area contributed by atoms with Gasteiger partial charge in [-0.2, -0.15) is 0 Å². The molecule has 2 heterocycles. The van der Waals surface area contributed by atoms with E-state index in [0.29, 0.717) is 6.71 Å². The normalized spacial score (nSPS) is 17.7. The molecule has 0 aromatic heterocycles. The molecule has 5 rings (SSSR count). The van der Waals surface area contributed by atoms with E-state index in [4.69, 9.17) is 0 Å². The van der Waals surface area contributed by atoms with Gasteiger partial charge in [0.1, 0.15) is 0 Å². The van der Waals surface area contributed by atoms with Crippen LogP contribution >= 0.6 is 0 Å². The predicted octanol–water partition coefficient (Wildman–Crippen LogP) is 2.76. The molecule has 0 radical (unpaired) electrons. The standard InChI is InChI=1S/C20H21BN2/c1-22-11-10-21-16-12-14-6-3-4-7-15(14)13-19(16)23(2)18-9-5-8-17(22)20(18)21/h5,8-13H,3-4,6-7H2,1-2H3. The molecule has 23 heavy (non-hydrogen) atoms. The molecule has 0 unspecified atom stereocenters. The zero-order chi connectivity index (χ0) is 15.6. The summed E-state index contributed by atoms with van der Waals surface area (Å²) in [4.78, 5) is 4.64. The minimum atomic E-state index is 0.399. The first-order valence-corrected chi connectivity index (χ1v) is 8.67. The Labute approximate surface area is 138 Å². The van der Waals surface area contributed by atoms with Gasteiger partial charge < -0.3 is 9.80 Å². The lowest BCUT2D eigenvalue weighted by Crippen LogP contribution is -2.52. The van der Waals surface area contributed by atoms with E-state index in [1.54, 1.807) is 11.1 Å². The van der Waals surface area contributed by atoms with Gasteiger partial charge in [-0.05, 0) is 72.1 Å². The number of fused-ring (bicyclic) bond motifs is 3. The minimum absolute atomic E-state index is 0.399. The van der Waals surface area contributed by atoms with Crippen molar-refractivity contribution >= 4 is 34.7 Å². The van der Waals surface area contributed by atoms with Crippen LogP contribution in [-0.2, 0) is 12.8 Å². The quantitative estimate of drug-likeness (QED) is 0.690. The average Bonchev–Trinajstić information content (AvgIpc) is 2.59. The van der Waals surface area contributed by atoms with E-state index in [2.05, 4.69) is 66.4 Å². The SMILES string of the molecule is CN1C=CB2c3cc4c(cc3N(C)c3cccc1c32)CCCC4. The average molecular weight is 300 g/mol. The van der Waals surface area contributed by atoms with Gasteiger partial charge in [-0.25, -0.2) is 0 Å². The minimum Gasteiger partial charge on any atom is -0.353 e. The molecule has 114 valence electrons. The highest BCUT2D eigenvalue weighted by atomic mass is 15.1. The fourth-order valence-corrected chi connectivity index (χ4v) is 4.57. The third-order valence-electron chi connectivity index (χ3n) is 5.80. The van der Waals surface area contributed by atoms with Crippen molar-refractivity contribution in [3.05, 3.63) is 53.6 Å². The van der Waals surface area contributed by atoms with Gasteiger partial charge >= 0.3 is 0 Å². The Kier molecular flexibility index (Phi) is 2.70. The highest BCUT2D eigenvalue weighted by molar-refractivity contribution is 6.93. The van der Waals surface area contributed by atoms with Gasteiger partial charge in [0.25, 0.3) is 0 Å². The second-order valence-corrected chi connectivity index (χ2v) is 7.09. The molecule has 0 amide bonds. The van der Waals surface area contributed by atoms with Crippen LogP contribution < -0.4 is 20.7 Å². The van der Waals surface area contributed by atoms with Crippen molar-refractivity contribution in [2.24, 2.45) is 0 Å². The van der Waals surface area contributed by atoms with Crippen molar-refractivity contribution in [3.63, 3.8) is 0 Å². The second kappa shape index (κ2) is 4.67. The monoisotopic (exact) mass is 300 g/mol. The Morgan fingerprint density at radius 1 is 0.913 bits per heavy atom. The Bertz CT molecular complexity index is 840. The summed E-state index contributed by atoms with van der Waals surface area (Å²) < 4.78 is 0. The summed E-state index contributed by atoms with van der Waals surface area (Å²) in [5.74, 6) is 2.37. The number of hydrogen-bond acceptors (Lipinski definition) is 2. The summed E-state index contributed by atoms with van der Waals surface area (Å²) in [5.41, 5.74) is 10.2. The maximum Gasteiger partial charge on any atom is 0.243 e. The molecule has 2 aliphatic heterocycles. The zero-order valence-electron chi connectivity index (χ0n) is 13.8. The van der Waals surface area contributed by atoms with E-state index in [1.807, 2.05) is 0 Å². The molecule has 0 atom stereocenters. The van der Waals surface area contributed by atoms with E-state index in [-0.39, 0.29) is 0 Å². The van der Waals surface area contributed by atoms with E-state index < -0.39 is 0 Å². The summed E-state index contributed by atoms with van der Waals surface area (Å²) >= 11 is 0. The lowest BCUT2D eigenvalue weighted by atomic mass is 9.37. The molecule has 3 heteroatoms. The van der Waals surface area contributed by atoms with Crippen LogP contribution in [0.2, 0.25) is 0 Å². The van der Waals surface area contributed by atoms with Crippen molar-refractivity contribution in [2.75, 3.05) is 23.9 Å². The lowest BCUT2D eigenvalue weighted by molar-refractivity contribution is 0.686.